The first-order chi connectivity index (χ1) is 13.6. The van der Waals surface area contributed by atoms with Gasteiger partial charge in [-0.3, -0.25) is 4.79 Å². The van der Waals surface area contributed by atoms with Crippen LogP contribution in [0.5, 0.6) is 5.75 Å². The van der Waals surface area contributed by atoms with Crippen LogP contribution in [0.1, 0.15) is 16.1 Å². The molecule has 0 unspecified atom stereocenters. The van der Waals surface area contributed by atoms with E-state index in [1.165, 1.54) is 0 Å². The number of fused-ring (bicyclic) bond motifs is 1. The molecular weight excluding hydrogens is 420 g/mol. The molecule has 140 valence electrons. The molecule has 1 amide bonds. The van der Waals surface area contributed by atoms with Crippen molar-refractivity contribution in [2.75, 3.05) is 10.6 Å². The minimum absolute atomic E-state index is 0.196. The number of phenols is 1. The molecule has 4 N–H and O–H groups in total. The van der Waals surface area contributed by atoms with Gasteiger partial charge in [-0.25, -0.2) is 4.98 Å². The van der Waals surface area contributed by atoms with Crippen LogP contribution in [0.3, 0.4) is 0 Å². The van der Waals surface area contributed by atoms with Gasteiger partial charge >= 0.3 is 0 Å². The lowest BCUT2D eigenvalue weighted by Crippen LogP contribution is -2.12. The lowest BCUT2D eigenvalue weighted by molar-refractivity contribution is 0.102. The second kappa shape index (κ2) is 7.74. The summed E-state index contributed by atoms with van der Waals surface area (Å²) in [4.78, 5) is 20.1. The highest BCUT2D eigenvalue weighted by Crippen LogP contribution is 2.21. The number of aromatic amines is 1. The molecule has 4 rings (SSSR count). The molecule has 0 saturated carbocycles. The summed E-state index contributed by atoms with van der Waals surface area (Å²) in [6, 6.07) is 18.0. The number of nitrogens with zero attached hydrogens (tertiary/aromatic N) is 1. The normalized spacial score (nSPS) is 10.8. The Bertz CT molecular complexity index is 1140. The van der Waals surface area contributed by atoms with Crippen molar-refractivity contribution < 1.29 is 9.90 Å². The number of hydrogen-bond donors (Lipinski definition) is 4. The van der Waals surface area contributed by atoms with E-state index in [0.29, 0.717) is 17.8 Å². The Hall–Kier alpha value is -3.32. The van der Waals surface area contributed by atoms with Gasteiger partial charge in [0.05, 0.1) is 24.0 Å². The van der Waals surface area contributed by atoms with E-state index in [0.717, 1.165) is 26.9 Å². The van der Waals surface area contributed by atoms with Crippen molar-refractivity contribution in [3.05, 3.63) is 82.6 Å². The Morgan fingerprint density at radius 1 is 1.07 bits per heavy atom. The van der Waals surface area contributed by atoms with Crippen molar-refractivity contribution in [3.63, 3.8) is 0 Å². The van der Waals surface area contributed by atoms with Gasteiger partial charge < -0.3 is 20.7 Å². The quantitative estimate of drug-likeness (QED) is 0.335. The average molecular weight is 437 g/mol. The molecule has 2 aromatic heterocycles. The van der Waals surface area contributed by atoms with E-state index in [-0.39, 0.29) is 11.7 Å². The predicted molar refractivity (Wildman–Crippen MR) is 114 cm³/mol. The number of H-pyrrole nitrogens is 1. The fourth-order valence-electron chi connectivity index (χ4n) is 2.86. The number of pyridine rings is 1. The number of aromatic nitrogens is 2. The maximum absolute atomic E-state index is 12.5. The van der Waals surface area contributed by atoms with Gasteiger partial charge in [-0.15, -0.1) is 0 Å². The number of hydrogen-bond acceptors (Lipinski definition) is 4. The fraction of sp³-hybridized carbons (Fsp3) is 0.0476. The van der Waals surface area contributed by atoms with Gasteiger partial charge in [0.25, 0.3) is 5.91 Å². The topological polar surface area (TPSA) is 90.0 Å². The van der Waals surface area contributed by atoms with E-state index < -0.39 is 0 Å². The van der Waals surface area contributed by atoms with Gasteiger partial charge in [0.2, 0.25) is 0 Å². The van der Waals surface area contributed by atoms with Crippen molar-refractivity contribution in [2.45, 2.75) is 6.54 Å². The number of phenolic OH excluding ortho intramolecular Hbond substituents is 1. The SMILES string of the molecule is O=C(Nc1cnc2[nH]c(CNc3ccc(O)cc3)cc2c1)c1ccccc1Br. The van der Waals surface area contributed by atoms with Gasteiger partial charge in [0.1, 0.15) is 11.4 Å². The molecule has 4 aromatic rings. The summed E-state index contributed by atoms with van der Waals surface area (Å²) in [5.41, 5.74) is 3.82. The predicted octanol–water partition coefficient (Wildman–Crippen LogP) is 4.90. The third-order valence-electron chi connectivity index (χ3n) is 4.25. The number of carbonyl (C=O) groups excluding carboxylic acids is 1. The van der Waals surface area contributed by atoms with Crippen molar-refractivity contribution in [3.8, 4) is 5.75 Å². The molecule has 0 atom stereocenters. The van der Waals surface area contributed by atoms with Crippen LogP contribution in [-0.2, 0) is 6.54 Å². The summed E-state index contributed by atoms with van der Waals surface area (Å²) in [7, 11) is 0. The number of rotatable bonds is 5. The summed E-state index contributed by atoms with van der Waals surface area (Å²) >= 11 is 3.39. The lowest BCUT2D eigenvalue weighted by Gasteiger charge is -2.06. The Morgan fingerprint density at radius 2 is 1.86 bits per heavy atom. The van der Waals surface area contributed by atoms with Crippen molar-refractivity contribution in [2.24, 2.45) is 0 Å². The zero-order valence-electron chi connectivity index (χ0n) is 14.7. The first kappa shape index (κ1) is 18.1. The average Bonchev–Trinajstić information content (AvgIpc) is 3.10. The van der Waals surface area contributed by atoms with E-state index in [9.17, 15) is 9.90 Å². The highest BCUT2D eigenvalue weighted by atomic mass is 79.9. The monoisotopic (exact) mass is 436 g/mol. The Labute approximate surface area is 169 Å². The van der Waals surface area contributed by atoms with E-state index in [1.807, 2.05) is 42.5 Å². The summed E-state index contributed by atoms with van der Waals surface area (Å²) in [6.07, 6.45) is 1.63. The van der Waals surface area contributed by atoms with Crippen LogP contribution in [0.15, 0.2) is 71.3 Å². The molecule has 0 radical (unpaired) electrons. The number of halogens is 1. The number of carbonyl (C=O) groups is 1. The maximum Gasteiger partial charge on any atom is 0.256 e. The number of amides is 1. The largest absolute Gasteiger partial charge is 0.508 e. The van der Waals surface area contributed by atoms with Gasteiger partial charge in [0.15, 0.2) is 0 Å². The second-order valence-electron chi connectivity index (χ2n) is 6.29. The molecular formula is C21H17BrN4O2. The molecule has 28 heavy (non-hydrogen) atoms. The van der Waals surface area contributed by atoms with Gasteiger partial charge in [0, 0.05) is 21.2 Å². The molecule has 0 aliphatic heterocycles. The number of anilines is 2. The molecule has 0 aliphatic carbocycles. The van der Waals surface area contributed by atoms with Crippen LogP contribution in [0.4, 0.5) is 11.4 Å². The molecule has 0 fully saturated rings. The van der Waals surface area contributed by atoms with E-state index in [1.54, 1.807) is 24.4 Å². The first-order valence-electron chi connectivity index (χ1n) is 8.65. The molecule has 7 heteroatoms. The van der Waals surface area contributed by atoms with E-state index in [2.05, 4.69) is 36.5 Å². The van der Waals surface area contributed by atoms with E-state index in [4.69, 9.17) is 0 Å². The molecule has 6 nitrogen and oxygen atoms in total. The summed E-state index contributed by atoms with van der Waals surface area (Å²) in [5.74, 6) is 0.0378. The van der Waals surface area contributed by atoms with Crippen LogP contribution in [-0.4, -0.2) is 21.0 Å². The minimum Gasteiger partial charge on any atom is -0.508 e. The maximum atomic E-state index is 12.5. The van der Waals surface area contributed by atoms with Crippen LogP contribution in [0.25, 0.3) is 11.0 Å². The zero-order chi connectivity index (χ0) is 19.5. The summed E-state index contributed by atoms with van der Waals surface area (Å²) < 4.78 is 0.741. The molecule has 0 spiro atoms. The Kier molecular flexibility index (Phi) is 4.99. The number of nitrogens with one attached hydrogen (secondary N) is 3. The second-order valence-corrected chi connectivity index (χ2v) is 7.15. The summed E-state index contributed by atoms with van der Waals surface area (Å²) in [5, 5.41) is 16.4. The van der Waals surface area contributed by atoms with Crippen LogP contribution in [0.2, 0.25) is 0 Å². The van der Waals surface area contributed by atoms with Crippen molar-refractivity contribution in [1.82, 2.24) is 9.97 Å². The third kappa shape index (κ3) is 3.99. The third-order valence-corrected chi connectivity index (χ3v) is 4.94. The van der Waals surface area contributed by atoms with Gasteiger partial charge in [-0.1, -0.05) is 12.1 Å². The van der Waals surface area contributed by atoms with Crippen molar-refractivity contribution >= 4 is 44.2 Å². The Balaban J connectivity index is 1.47. The highest BCUT2D eigenvalue weighted by Gasteiger charge is 2.11. The van der Waals surface area contributed by atoms with Crippen LogP contribution < -0.4 is 10.6 Å². The Morgan fingerprint density at radius 3 is 2.64 bits per heavy atom. The zero-order valence-corrected chi connectivity index (χ0v) is 16.3. The molecule has 0 saturated heterocycles. The number of benzene rings is 2. The molecule has 0 bridgehead atoms. The number of aromatic hydroxyl groups is 1. The van der Waals surface area contributed by atoms with Crippen LogP contribution >= 0.6 is 15.9 Å². The molecule has 2 aromatic carbocycles. The molecule has 0 aliphatic rings. The standard InChI is InChI=1S/C21H17BrN4O2/c22-19-4-2-1-3-18(19)21(28)26-16-10-13-9-15(25-20(13)24-12-16)11-23-14-5-7-17(27)8-6-14/h1-10,12,23,27H,11H2,(H,24,25)(H,26,28). The smallest absolute Gasteiger partial charge is 0.256 e. The lowest BCUT2D eigenvalue weighted by atomic mass is 10.2. The minimum atomic E-state index is -0.196. The first-order valence-corrected chi connectivity index (χ1v) is 9.44. The van der Waals surface area contributed by atoms with Gasteiger partial charge in [-0.2, -0.15) is 0 Å². The van der Waals surface area contributed by atoms with E-state index >= 15 is 0 Å². The van der Waals surface area contributed by atoms with Gasteiger partial charge in [-0.05, 0) is 64.5 Å². The summed E-state index contributed by atoms with van der Waals surface area (Å²) in [6.45, 7) is 0.583. The highest BCUT2D eigenvalue weighted by molar-refractivity contribution is 9.10. The fourth-order valence-corrected chi connectivity index (χ4v) is 3.32. The van der Waals surface area contributed by atoms with Crippen molar-refractivity contribution in [1.29, 1.82) is 0 Å². The molecule has 2 heterocycles. The van der Waals surface area contributed by atoms with Crippen LogP contribution in [0, 0.1) is 0 Å².